The van der Waals surface area contributed by atoms with Crippen molar-refractivity contribution < 1.29 is 4.79 Å². The summed E-state index contributed by atoms with van der Waals surface area (Å²) >= 11 is 1.35. The standard InChI is InChI=1S/C15H16N4OS/c16-12-8-13(17)19-15(18-12)21-11-7-3-5-9-4-1-2-6-10(9)14(11)20/h1-2,4,6,8,11H,3,5,7H2,(H4,16,17,18,19). The first-order valence-corrected chi connectivity index (χ1v) is 7.70. The number of aryl methyl sites for hydroxylation is 1. The summed E-state index contributed by atoms with van der Waals surface area (Å²) in [6.45, 7) is 0. The lowest BCUT2D eigenvalue weighted by molar-refractivity contribution is 0.0988. The molecule has 0 aliphatic heterocycles. The Morgan fingerprint density at radius 1 is 1.14 bits per heavy atom. The summed E-state index contributed by atoms with van der Waals surface area (Å²) in [4.78, 5) is 21.0. The number of carbonyl (C=O) groups excluding carboxylic acids is 1. The molecular weight excluding hydrogens is 284 g/mol. The van der Waals surface area contributed by atoms with Gasteiger partial charge in [0.05, 0.1) is 5.25 Å². The fourth-order valence-electron chi connectivity index (χ4n) is 2.52. The highest BCUT2D eigenvalue weighted by Gasteiger charge is 2.27. The smallest absolute Gasteiger partial charge is 0.192 e. The van der Waals surface area contributed by atoms with Crippen LogP contribution in [0, 0.1) is 0 Å². The van der Waals surface area contributed by atoms with Crippen LogP contribution in [0.4, 0.5) is 11.6 Å². The molecule has 21 heavy (non-hydrogen) atoms. The number of carbonyl (C=O) groups is 1. The number of benzene rings is 1. The highest BCUT2D eigenvalue weighted by molar-refractivity contribution is 8.00. The third-order valence-corrected chi connectivity index (χ3v) is 4.61. The van der Waals surface area contributed by atoms with Crippen LogP contribution in [0.15, 0.2) is 35.5 Å². The molecule has 5 nitrogen and oxygen atoms in total. The van der Waals surface area contributed by atoms with Gasteiger partial charge in [-0.3, -0.25) is 4.79 Å². The third-order valence-electron chi connectivity index (χ3n) is 3.48. The number of aromatic nitrogens is 2. The van der Waals surface area contributed by atoms with Crippen molar-refractivity contribution in [3.8, 4) is 0 Å². The van der Waals surface area contributed by atoms with Gasteiger partial charge in [-0.15, -0.1) is 0 Å². The molecule has 4 N–H and O–H groups in total. The molecule has 0 saturated carbocycles. The molecule has 1 atom stereocenters. The van der Waals surface area contributed by atoms with Crippen molar-refractivity contribution in [1.29, 1.82) is 0 Å². The average molecular weight is 300 g/mol. The van der Waals surface area contributed by atoms with Crippen LogP contribution in [-0.4, -0.2) is 21.0 Å². The zero-order chi connectivity index (χ0) is 14.8. The van der Waals surface area contributed by atoms with Gasteiger partial charge in [-0.05, 0) is 24.8 Å². The van der Waals surface area contributed by atoms with Crippen molar-refractivity contribution in [1.82, 2.24) is 9.97 Å². The number of Topliss-reactive ketones (excluding diaryl/α,β-unsaturated/α-hetero) is 1. The average Bonchev–Trinajstić information content (AvgIpc) is 2.59. The molecule has 0 saturated heterocycles. The van der Waals surface area contributed by atoms with E-state index in [9.17, 15) is 4.79 Å². The Hall–Kier alpha value is -2.08. The predicted octanol–water partition coefficient (Wildman–Crippen LogP) is 2.32. The van der Waals surface area contributed by atoms with Gasteiger partial charge < -0.3 is 11.5 Å². The maximum absolute atomic E-state index is 12.7. The van der Waals surface area contributed by atoms with Crippen molar-refractivity contribution in [2.75, 3.05) is 11.5 Å². The fourth-order valence-corrected chi connectivity index (χ4v) is 3.60. The van der Waals surface area contributed by atoms with Crippen LogP contribution in [0.5, 0.6) is 0 Å². The van der Waals surface area contributed by atoms with E-state index in [0.29, 0.717) is 16.8 Å². The second kappa shape index (κ2) is 5.73. The molecule has 3 rings (SSSR count). The molecule has 1 heterocycles. The van der Waals surface area contributed by atoms with Crippen molar-refractivity contribution >= 4 is 29.2 Å². The molecule has 1 unspecified atom stereocenters. The molecular formula is C15H16N4OS. The van der Waals surface area contributed by atoms with Gasteiger partial charge in [-0.25, -0.2) is 9.97 Å². The minimum Gasteiger partial charge on any atom is -0.383 e. The molecule has 0 fully saturated rings. The molecule has 6 heteroatoms. The Labute approximate surface area is 127 Å². The number of nitrogen functional groups attached to an aromatic ring is 2. The Bertz CT molecular complexity index is 669. The van der Waals surface area contributed by atoms with E-state index in [2.05, 4.69) is 9.97 Å². The third kappa shape index (κ3) is 3.00. The Morgan fingerprint density at radius 3 is 2.62 bits per heavy atom. The van der Waals surface area contributed by atoms with Gasteiger partial charge in [-0.1, -0.05) is 36.0 Å². The van der Waals surface area contributed by atoms with E-state index < -0.39 is 0 Å². The van der Waals surface area contributed by atoms with E-state index >= 15 is 0 Å². The van der Waals surface area contributed by atoms with Crippen LogP contribution in [0.3, 0.4) is 0 Å². The van der Waals surface area contributed by atoms with Gasteiger partial charge in [0.1, 0.15) is 11.6 Å². The fraction of sp³-hybridized carbons (Fsp3) is 0.267. The highest BCUT2D eigenvalue weighted by atomic mass is 32.2. The number of hydrogen-bond donors (Lipinski definition) is 2. The van der Waals surface area contributed by atoms with E-state index in [-0.39, 0.29) is 11.0 Å². The molecule has 0 spiro atoms. The number of nitrogens with two attached hydrogens (primary N) is 2. The molecule has 2 aromatic rings. The second-order valence-electron chi connectivity index (χ2n) is 5.02. The van der Waals surface area contributed by atoms with E-state index in [4.69, 9.17) is 11.5 Å². The van der Waals surface area contributed by atoms with Crippen LogP contribution in [0.2, 0.25) is 0 Å². The van der Waals surface area contributed by atoms with Gasteiger partial charge >= 0.3 is 0 Å². The molecule has 1 aromatic carbocycles. The van der Waals surface area contributed by atoms with Crippen LogP contribution < -0.4 is 11.5 Å². The molecule has 108 valence electrons. The summed E-state index contributed by atoms with van der Waals surface area (Å²) < 4.78 is 0. The predicted molar refractivity (Wildman–Crippen MR) is 84.2 cm³/mol. The summed E-state index contributed by atoms with van der Waals surface area (Å²) in [6.07, 6.45) is 2.70. The summed E-state index contributed by atoms with van der Waals surface area (Å²) in [5.74, 6) is 0.788. The maximum Gasteiger partial charge on any atom is 0.192 e. The van der Waals surface area contributed by atoms with Gasteiger partial charge in [0.2, 0.25) is 0 Å². The van der Waals surface area contributed by atoms with Gasteiger partial charge in [-0.2, -0.15) is 0 Å². The van der Waals surface area contributed by atoms with E-state index in [1.807, 2.05) is 24.3 Å². The Balaban J connectivity index is 1.87. The summed E-state index contributed by atoms with van der Waals surface area (Å²) in [7, 11) is 0. The van der Waals surface area contributed by atoms with Gasteiger partial charge in [0.15, 0.2) is 10.9 Å². The number of thioether (sulfide) groups is 1. The normalized spacial score (nSPS) is 18.1. The largest absolute Gasteiger partial charge is 0.383 e. The van der Waals surface area contributed by atoms with E-state index in [1.165, 1.54) is 17.8 Å². The number of rotatable bonds is 2. The Morgan fingerprint density at radius 2 is 1.86 bits per heavy atom. The summed E-state index contributed by atoms with van der Waals surface area (Å²) in [6, 6.07) is 9.30. The van der Waals surface area contributed by atoms with E-state index in [0.717, 1.165) is 30.4 Å². The zero-order valence-electron chi connectivity index (χ0n) is 11.5. The first-order valence-electron chi connectivity index (χ1n) is 6.82. The van der Waals surface area contributed by atoms with Crippen LogP contribution in [0.25, 0.3) is 0 Å². The number of hydrogen-bond acceptors (Lipinski definition) is 6. The number of anilines is 2. The zero-order valence-corrected chi connectivity index (χ0v) is 12.3. The lowest BCUT2D eigenvalue weighted by Gasteiger charge is -2.12. The molecule has 0 radical (unpaired) electrons. The monoisotopic (exact) mass is 300 g/mol. The summed E-state index contributed by atoms with van der Waals surface area (Å²) in [5, 5.41) is 0.278. The van der Waals surface area contributed by atoms with Crippen LogP contribution in [0.1, 0.15) is 28.8 Å². The first kappa shape index (κ1) is 13.9. The minimum atomic E-state index is -0.185. The molecule has 0 bridgehead atoms. The number of ketones is 1. The topological polar surface area (TPSA) is 94.9 Å². The highest BCUT2D eigenvalue weighted by Crippen LogP contribution is 2.31. The van der Waals surface area contributed by atoms with Gasteiger partial charge in [0.25, 0.3) is 0 Å². The van der Waals surface area contributed by atoms with Crippen LogP contribution >= 0.6 is 11.8 Å². The molecule has 1 aromatic heterocycles. The minimum absolute atomic E-state index is 0.137. The number of fused-ring (bicyclic) bond motifs is 1. The summed E-state index contributed by atoms with van der Waals surface area (Å²) in [5.41, 5.74) is 13.3. The van der Waals surface area contributed by atoms with Crippen molar-refractivity contribution in [2.24, 2.45) is 0 Å². The lowest BCUT2D eigenvalue weighted by atomic mass is 10.0. The maximum atomic E-state index is 12.7. The SMILES string of the molecule is Nc1cc(N)nc(SC2CCCc3ccccc3C2=O)n1. The van der Waals surface area contributed by atoms with E-state index in [1.54, 1.807) is 0 Å². The lowest BCUT2D eigenvalue weighted by Crippen LogP contribution is -2.17. The Kier molecular flexibility index (Phi) is 3.79. The molecule has 0 amide bonds. The molecule has 1 aliphatic rings. The quantitative estimate of drug-likeness (QED) is 0.653. The van der Waals surface area contributed by atoms with Crippen molar-refractivity contribution in [3.05, 3.63) is 41.5 Å². The van der Waals surface area contributed by atoms with Gasteiger partial charge in [0, 0.05) is 11.6 Å². The van der Waals surface area contributed by atoms with Crippen molar-refractivity contribution in [2.45, 2.75) is 29.7 Å². The van der Waals surface area contributed by atoms with Crippen LogP contribution in [-0.2, 0) is 6.42 Å². The second-order valence-corrected chi connectivity index (χ2v) is 6.19. The first-order chi connectivity index (χ1) is 10.1. The number of nitrogens with zero attached hydrogens (tertiary/aromatic N) is 2. The molecule has 1 aliphatic carbocycles. The van der Waals surface area contributed by atoms with Crippen molar-refractivity contribution in [3.63, 3.8) is 0 Å².